The van der Waals surface area contributed by atoms with Gasteiger partial charge in [-0.25, -0.2) is 0 Å². The number of rotatable bonds is 3. The summed E-state index contributed by atoms with van der Waals surface area (Å²) >= 11 is 0. The Bertz CT molecular complexity index is 209. The van der Waals surface area contributed by atoms with Crippen LogP contribution in [0.3, 0.4) is 0 Å². The molecule has 72 valence electrons. The molecule has 1 heterocycles. The Labute approximate surface area is 79.9 Å². The van der Waals surface area contributed by atoms with Crippen molar-refractivity contribution in [1.29, 1.82) is 5.26 Å². The second kappa shape index (κ2) is 3.67. The van der Waals surface area contributed by atoms with Crippen LogP contribution in [0.25, 0.3) is 0 Å². The fraction of sp³-hybridized carbons (Fsp3) is 0.909. The summed E-state index contributed by atoms with van der Waals surface area (Å²) in [5.41, 5.74) is 0.0476. The molecule has 1 saturated heterocycles. The summed E-state index contributed by atoms with van der Waals surface area (Å²) in [6.45, 7) is 0.935. The highest BCUT2D eigenvalue weighted by atomic mass is 16.5. The van der Waals surface area contributed by atoms with E-state index in [1.54, 1.807) is 0 Å². The zero-order valence-electron chi connectivity index (χ0n) is 8.09. The first-order valence-corrected chi connectivity index (χ1v) is 5.38. The van der Waals surface area contributed by atoms with Gasteiger partial charge in [-0.3, -0.25) is 0 Å². The van der Waals surface area contributed by atoms with Crippen LogP contribution in [-0.2, 0) is 4.74 Å². The molecular weight excluding hydrogens is 162 g/mol. The summed E-state index contributed by atoms with van der Waals surface area (Å²) in [5, 5.41) is 9.02. The Balaban J connectivity index is 1.75. The Morgan fingerprint density at radius 1 is 1.38 bits per heavy atom. The fourth-order valence-electron chi connectivity index (χ4n) is 2.33. The molecule has 1 aliphatic heterocycles. The molecule has 0 radical (unpaired) electrons. The molecular formula is C11H17NO. The van der Waals surface area contributed by atoms with Crippen molar-refractivity contribution in [1.82, 2.24) is 0 Å². The number of hydrogen-bond donors (Lipinski definition) is 0. The van der Waals surface area contributed by atoms with Gasteiger partial charge < -0.3 is 4.74 Å². The summed E-state index contributed by atoms with van der Waals surface area (Å²) in [5.74, 6) is 0. The van der Waals surface area contributed by atoms with E-state index >= 15 is 0 Å². The topological polar surface area (TPSA) is 33.0 Å². The number of hydrogen-bond acceptors (Lipinski definition) is 2. The first kappa shape index (κ1) is 9.02. The van der Waals surface area contributed by atoms with Crippen molar-refractivity contribution in [3.8, 4) is 6.07 Å². The summed E-state index contributed by atoms with van der Waals surface area (Å²) in [4.78, 5) is 0. The van der Waals surface area contributed by atoms with E-state index in [0.717, 1.165) is 32.3 Å². The fourth-order valence-corrected chi connectivity index (χ4v) is 2.33. The van der Waals surface area contributed by atoms with Gasteiger partial charge in [0.15, 0.2) is 0 Å². The van der Waals surface area contributed by atoms with Gasteiger partial charge in [0.25, 0.3) is 0 Å². The molecule has 1 aliphatic carbocycles. The molecule has 2 nitrogen and oxygen atoms in total. The first-order valence-electron chi connectivity index (χ1n) is 5.38. The van der Waals surface area contributed by atoms with Gasteiger partial charge in [-0.2, -0.15) is 5.26 Å². The zero-order chi connectivity index (χ0) is 9.15. The molecule has 13 heavy (non-hydrogen) atoms. The van der Waals surface area contributed by atoms with Gasteiger partial charge in [0, 0.05) is 6.61 Å². The van der Waals surface area contributed by atoms with Crippen LogP contribution in [0.15, 0.2) is 0 Å². The largest absolute Gasteiger partial charge is 0.378 e. The molecule has 1 unspecified atom stereocenters. The molecule has 0 spiro atoms. The standard InChI is InChI=1S/C11H17NO/c12-9-11(5-2-6-11)7-4-10-3-1-8-13-10/h10H,1-8H2. The summed E-state index contributed by atoms with van der Waals surface area (Å²) in [6.07, 6.45) is 8.55. The lowest BCUT2D eigenvalue weighted by molar-refractivity contribution is 0.0815. The van der Waals surface area contributed by atoms with E-state index in [9.17, 15) is 0 Å². The lowest BCUT2D eigenvalue weighted by Crippen LogP contribution is -2.28. The van der Waals surface area contributed by atoms with Crippen molar-refractivity contribution in [2.75, 3.05) is 6.61 Å². The Hall–Kier alpha value is -0.550. The smallest absolute Gasteiger partial charge is 0.0689 e. The van der Waals surface area contributed by atoms with E-state index in [4.69, 9.17) is 10.00 Å². The van der Waals surface area contributed by atoms with E-state index in [-0.39, 0.29) is 5.41 Å². The van der Waals surface area contributed by atoms with Crippen molar-refractivity contribution in [3.05, 3.63) is 0 Å². The van der Waals surface area contributed by atoms with Gasteiger partial charge in [0.2, 0.25) is 0 Å². The molecule has 0 aromatic rings. The van der Waals surface area contributed by atoms with E-state index in [1.807, 2.05) is 0 Å². The third-order valence-electron chi connectivity index (χ3n) is 3.52. The highest BCUT2D eigenvalue weighted by Gasteiger charge is 2.37. The van der Waals surface area contributed by atoms with Crippen molar-refractivity contribution in [2.24, 2.45) is 5.41 Å². The summed E-state index contributed by atoms with van der Waals surface area (Å²) in [6, 6.07) is 2.48. The Morgan fingerprint density at radius 2 is 2.23 bits per heavy atom. The van der Waals surface area contributed by atoms with Crippen LogP contribution in [0.4, 0.5) is 0 Å². The van der Waals surface area contributed by atoms with Crippen LogP contribution in [-0.4, -0.2) is 12.7 Å². The highest BCUT2D eigenvalue weighted by molar-refractivity contribution is 5.04. The molecule has 0 N–H and O–H groups in total. The van der Waals surface area contributed by atoms with Gasteiger partial charge in [0.1, 0.15) is 0 Å². The van der Waals surface area contributed by atoms with E-state index in [1.165, 1.54) is 19.3 Å². The molecule has 1 atom stereocenters. The minimum atomic E-state index is 0.0476. The molecule has 2 aliphatic rings. The number of ether oxygens (including phenoxy) is 1. The van der Waals surface area contributed by atoms with E-state index in [2.05, 4.69) is 6.07 Å². The molecule has 1 saturated carbocycles. The highest BCUT2D eigenvalue weighted by Crippen LogP contribution is 2.44. The van der Waals surface area contributed by atoms with Crippen LogP contribution in [0.5, 0.6) is 0 Å². The van der Waals surface area contributed by atoms with Crippen LogP contribution in [0, 0.1) is 16.7 Å². The minimum Gasteiger partial charge on any atom is -0.378 e. The van der Waals surface area contributed by atoms with Crippen LogP contribution in [0.2, 0.25) is 0 Å². The third-order valence-corrected chi connectivity index (χ3v) is 3.52. The maximum atomic E-state index is 9.02. The van der Waals surface area contributed by atoms with Crippen LogP contribution in [0.1, 0.15) is 44.9 Å². The van der Waals surface area contributed by atoms with Crippen molar-refractivity contribution in [2.45, 2.75) is 51.0 Å². The van der Waals surface area contributed by atoms with Gasteiger partial charge in [-0.05, 0) is 38.5 Å². The second-order valence-electron chi connectivity index (χ2n) is 4.42. The van der Waals surface area contributed by atoms with Crippen molar-refractivity contribution in [3.63, 3.8) is 0 Å². The van der Waals surface area contributed by atoms with Crippen LogP contribution < -0.4 is 0 Å². The zero-order valence-corrected chi connectivity index (χ0v) is 8.09. The summed E-state index contributed by atoms with van der Waals surface area (Å²) < 4.78 is 5.55. The number of nitrogens with zero attached hydrogens (tertiary/aromatic N) is 1. The second-order valence-corrected chi connectivity index (χ2v) is 4.42. The molecule has 0 aromatic carbocycles. The average Bonchev–Trinajstić information content (AvgIpc) is 2.56. The molecule has 2 rings (SSSR count). The minimum absolute atomic E-state index is 0.0476. The lowest BCUT2D eigenvalue weighted by atomic mass is 9.67. The predicted octanol–water partition coefficient (Wildman–Crippen LogP) is 2.64. The Morgan fingerprint density at radius 3 is 2.69 bits per heavy atom. The maximum absolute atomic E-state index is 9.02. The first-order chi connectivity index (χ1) is 6.35. The summed E-state index contributed by atoms with van der Waals surface area (Å²) in [7, 11) is 0. The van der Waals surface area contributed by atoms with Gasteiger partial charge in [-0.1, -0.05) is 6.42 Å². The number of nitriles is 1. The Kier molecular flexibility index (Phi) is 2.55. The average molecular weight is 179 g/mol. The molecule has 0 bridgehead atoms. The molecule has 0 amide bonds. The molecule has 2 fully saturated rings. The van der Waals surface area contributed by atoms with Crippen molar-refractivity contribution >= 4 is 0 Å². The molecule has 0 aromatic heterocycles. The normalized spacial score (nSPS) is 30.8. The monoisotopic (exact) mass is 179 g/mol. The van der Waals surface area contributed by atoms with Gasteiger partial charge in [0.05, 0.1) is 17.6 Å². The van der Waals surface area contributed by atoms with Crippen molar-refractivity contribution < 1.29 is 4.74 Å². The maximum Gasteiger partial charge on any atom is 0.0689 e. The van der Waals surface area contributed by atoms with E-state index < -0.39 is 0 Å². The SMILES string of the molecule is N#CC1(CCC2CCCO2)CCC1. The third kappa shape index (κ3) is 1.86. The van der Waals surface area contributed by atoms with Gasteiger partial charge >= 0.3 is 0 Å². The molecule has 2 heteroatoms. The lowest BCUT2D eigenvalue weighted by Gasteiger charge is -2.35. The van der Waals surface area contributed by atoms with Crippen LogP contribution >= 0.6 is 0 Å². The van der Waals surface area contributed by atoms with Gasteiger partial charge in [-0.15, -0.1) is 0 Å². The predicted molar refractivity (Wildman–Crippen MR) is 50.1 cm³/mol. The quantitative estimate of drug-likeness (QED) is 0.667. The van der Waals surface area contributed by atoms with E-state index in [0.29, 0.717) is 6.10 Å².